The van der Waals surface area contributed by atoms with E-state index in [1.54, 1.807) is 0 Å². The normalized spacial score (nSPS) is 16.5. The second kappa shape index (κ2) is 20.0. The standard InChI is InChI=1S/C27H21F34N3O8S2/c1-3-7-63(73(67,68)26(58,59)22(48,49)18(40,41)14(32,33)12(28,29)16(36,37)20(44,45)24(52,53)54)71-10(65)6-5-9(62)11(66)72-64(8-4-2)74(69,70)27(60,61)23(50,51)19(42,43)15(34,35)13(30,31)17(38,39)21(46,47)25(55,56)57/h9H,3-8,62H2,1-2H3/t9-/m0/s1. The largest absolute Gasteiger partial charge is 0.460 e. The molecule has 47 heteroatoms. The van der Waals surface area contributed by atoms with Gasteiger partial charge in [-0.2, -0.15) is 149 Å². The molecule has 1 atom stereocenters. The van der Waals surface area contributed by atoms with Gasteiger partial charge in [0, 0.05) is 6.42 Å². The fourth-order valence-electron chi connectivity index (χ4n) is 4.39. The summed E-state index contributed by atoms with van der Waals surface area (Å²) in [4.78, 5) is 31.5. The fourth-order valence-corrected chi connectivity index (χ4v) is 7.01. The second-order valence-corrected chi connectivity index (χ2v) is 17.7. The molecule has 0 amide bonds. The fraction of sp³-hybridized carbons (Fsp3) is 0.926. The van der Waals surface area contributed by atoms with E-state index < -0.39 is 180 Å². The van der Waals surface area contributed by atoms with E-state index in [9.17, 15) is 176 Å². The number of nitrogens with two attached hydrogens (primary N) is 1. The molecular formula is C27H21F34N3O8S2. The Morgan fingerprint density at radius 1 is 0.392 bits per heavy atom. The van der Waals surface area contributed by atoms with Gasteiger partial charge in [-0.05, 0) is 28.2 Å². The molecule has 0 bridgehead atoms. The van der Waals surface area contributed by atoms with Crippen LogP contribution in [0.25, 0.3) is 0 Å². The first-order valence-corrected chi connectivity index (χ1v) is 20.4. The van der Waals surface area contributed by atoms with Gasteiger partial charge in [-0.15, -0.1) is 0 Å². The van der Waals surface area contributed by atoms with Crippen LogP contribution < -0.4 is 5.73 Å². The maximum atomic E-state index is 14.7. The molecule has 0 aromatic carbocycles. The van der Waals surface area contributed by atoms with Gasteiger partial charge in [0.05, 0.1) is 13.1 Å². The monoisotopic (exact) mass is 1230 g/mol. The lowest BCUT2D eigenvalue weighted by Crippen LogP contribution is -2.75. The summed E-state index contributed by atoms with van der Waals surface area (Å²) < 4.78 is 510. The van der Waals surface area contributed by atoms with Crippen LogP contribution in [0.1, 0.15) is 39.5 Å². The Bertz CT molecular complexity index is 2250. The van der Waals surface area contributed by atoms with Crippen molar-refractivity contribution in [3.8, 4) is 0 Å². The molecule has 74 heavy (non-hydrogen) atoms. The van der Waals surface area contributed by atoms with E-state index in [-0.39, 0.29) is 0 Å². The molecular weight excluding hydrogens is 1200 g/mol. The molecule has 0 aliphatic heterocycles. The molecule has 11 nitrogen and oxygen atoms in total. The van der Waals surface area contributed by atoms with Crippen LogP contribution in [-0.2, 0) is 39.3 Å². The Labute approximate surface area is 385 Å². The summed E-state index contributed by atoms with van der Waals surface area (Å²) in [5, 5.41) is -16.7. The van der Waals surface area contributed by atoms with Crippen LogP contribution >= 0.6 is 0 Å². The highest BCUT2D eigenvalue weighted by Gasteiger charge is 2.98. The van der Waals surface area contributed by atoms with Gasteiger partial charge in [-0.3, -0.25) is 4.79 Å². The highest BCUT2D eigenvalue weighted by Crippen LogP contribution is 2.66. The minimum Gasteiger partial charge on any atom is -0.353 e. The first-order valence-electron chi connectivity index (χ1n) is 17.5. The predicted octanol–water partition coefficient (Wildman–Crippen LogP) is 10.0. The Morgan fingerprint density at radius 2 is 0.608 bits per heavy atom. The van der Waals surface area contributed by atoms with Gasteiger partial charge in [0.15, 0.2) is 0 Å². The van der Waals surface area contributed by atoms with Crippen LogP contribution in [0.2, 0.25) is 0 Å². The summed E-state index contributed by atoms with van der Waals surface area (Å²) in [5.74, 6) is -115. The van der Waals surface area contributed by atoms with Crippen LogP contribution in [0.15, 0.2) is 0 Å². The molecule has 0 heterocycles. The van der Waals surface area contributed by atoms with Crippen molar-refractivity contribution in [1.82, 2.24) is 8.94 Å². The van der Waals surface area contributed by atoms with E-state index in [0.717, 1.165) is 0 Å². The lowest BCUT2D eigenvalue weighted by molar-refractivity contribution is -0.458. The number of hydrogen-bond donors (Lipinski definition) is 1. The van der Waals surface area contributed by atoms with Crippen LogP contribution in [0.5, 0.6) is 0 Å². The average Bonchev–Trinajstić information content (AvgIpc) is 3.20. The van der Waals surface area contributed by atoms with Crippen molar-refractivity contribution >= 4 is 32.0 Å². The van der Waals surface area contributed by atoms with Crippen molar-refractivity contribution in [3.05, 3.63) is 0 Å². The van der Waals surface area contributed by atoms with Crippen molar-refractivity contribution < 1.29 is 185 Å². The number of hydrogen-bond acceptors (Lipinski definition) is 9. The quantitative estimate of drug-likeness (QED) is 0.0659. The third-order valence-corrected chi connectivity index (χ3v) is 12.1. The average molecular weight is 1230 g/mol. The molecule has 0 saturated carbocycles. The third-order valence-electron chi connectivity index (χ3n) is 8.74. The molecule has 0 saturated heterocycles. The summed E-state index contributed by atoms with van der Waals surface area (Å²) in [6.07, 6.45) is -23.1. The van der Waals surface area contributed by atoms with E-state index in [4.69, 9.17) is 5.73 Å². The van der Waals surface area contributed by atoms with Crippen LogP contribution in [0.4, 0.5) is 149 Å². The van der Waals surface area contributed by atoms with Crippen molar-refractivity contribution in [2.24, 2.45) is 5.73 Å². The number of carbonyl (C=O) groups is 2. The highest BCUT2D eigenvalue weighted by molar-refractivity contribution is 7.90. The van der Waals surface area contributed by atoms with Gasteiger partial charge in [0.2, 0.25) is 0 Å². The Kier molecular flexibility index (Phi) is 19.0. The number of rotatable bonds is 26. The lowest BCUT2D eigenvalue weighted by Gasteiger charge is -2.42. The summed E-state index contributed by atoms with van der Waals surface area (Å²) in [6, 6.07) is -3.18. The van der Waals surface area contributed by atoms with E-state index in [1.165, 1.54) is 0 Å². The number of nitrogens with zero attached hydrogens (tertiary/aromatic N) is 2. The zero-order valence-corrected chi connectivity index (χ0v) is 35.9. The third kappa shape index (κ3) is 10.1. The molecule has 0 aliphatic rings. The van der Waals surface area contributed by atoms with Crippen LogP contribution in [0.3, 0.4) is 0 Å². The van der Waals surface area contributed by atoms with Gasteiger partial charge >= 0.3 is 126 Å². The van der Waals surface area contributed by atoms with Gasteiger partial charge < -0.3 is 15.4 Å². The molecule has 442 valence electrons. The summed E-state index contributed by atoms with van der Waals surface area (Å²) in [5.41, 5.74) is 4.95. The number of hydroxylamine groups is 2. The van der Waals surface area contributed by atoms with Gasteiger partial charge in [0.25, 0.3) is 0 Å². The van der Waals surface area contributed by atoms with Crippen molar-refractivity contribution in [1.29, 1.82) is 0 Å². The highest BCUT2D eigenvalue weighted by atomic mass is 32.2. The predicted molar refractivity (Wildman–Crippen MR) is 163 cm³/mol. The van der Waals surface area contributed by atoms with Crippen molar-refractivity contribution in [2.45, 2.75) is 140 Å². The van der Waals surface area contributed by atoms with Crippen molar-refractivity contribution in [3.63, 3.8) is 0 Å². The van der Waals surface area contributed by atoms with E-state index in [1.807, 2.05) is 0 Å². The number of halogens is 34. The van der Waals surface area contributed by atoms with E-state index in [2.05, 4.69) is 9.68 Å². The first kappa shape index (κ1) is 70.3. The zero-order chi connectivity index (χ0) is 60.5. The van der Waals surface area contributed by atoms with Crippen LogP contribution in [-0.4, -0.2) is 151 Å². The minimum absolute atomic E-state index is 0.449. The molecule has 0 rings (SSSR count). The molecule has 0 radical (unpaired) electrons. The van der Waals surface area contributed by atoms with Gasteiger partial charge in [-0.25, -0.2) is 21.6 Å². The first-order chi connectivity index (χ1) is 31.8. The molecule has 2 N–H and O–H groups in total. The summed E-state index contributed by atoms with van der Waals surface area (Å²) in [6.45, 7) is -3.54. The molecule has 0 spiro atoms. The molecule has 0 unspecified atom stereocenters. The van der Waals surface area contributed by atoms with Gasteiger partial charge in [-0.1, -0.05) is 13.8 Å². The number of alkyl halides is 34. The molecule has 0 aliphatic carbocycles. The topological polar surface area (TPSA) is 153 Å². The Balaban J connectivity index is 6.94. The van der Waals surface area contributed by atoms with E-state index >= 15 is 0 Å². The second-order valence-electron chi connectivity index (χ2n) is 14.0. The lowest BCUT2D eigenvalue weighted by atomic mass is 9.91. The Hall–Kier alpha value is -3.66. The SMILES string of the molecule is CCCN(OC(=O)CC[C@H](N)C(=O)ON(CCC)S(=O)(=O)C(F)(F)C(F)(F)C(F)(F)C(F)(F)C(F)(F)C(F)(F)C(F)(F)C(F)(F)F)S(=O)(=O)C(F)(F)C(F)(F)C(F)(F)C(F)(F)C(F)(F)C(F)(F)C(F)(F)C(F)(F)F. The molecule has 0 aromatic rings. The van der Waals surface area contributed by atoms with Gasteiger partial charge in [0.1, 0.15) is 6.04 Å². The maximum absolute atomic E-state index is 14.7. The number of carbonyl (C=O) groups excluding carboxylic acids is 2. The van der Waals surface area contributed by atoms with Crippen LogP contribution in [0, 0.1) is 0 Å². The zero-order valence-electron chi connectivity index (χ0n) is 34.2. The smallest absolute Gasteiger partial charge is 0.353 e. The number of sulfonamides is 2. The summed E-state index contributed by atoms with van der Waals surface area (Å²) >= 11 is 0. The molecule has 0 aromatic heterocycles. The van der Waals surface area contributed by atoms with E-state index in [0.29, 0.717) is 13.8 Å². The summed E-state index contributed by atoms with van der Waals surface area (Å²) in [7, 11) is -16.9. The molecule has 0 fully saturated rings. The Morgan fingerprint density at radius 3 is 0.838 bits per heavy atom. The van der Waals surface area contributed by atoms with Crippen molar-refractivity contribution in [2.75, 3.05) is 13.1 Å². The minimum atomic E-state index is -9.34. The maximum Gasteiger partial charge on any atom is 0.460 e.